The predicted octanol–water partition coefficient (Wildman–Crippen LogP) is 3.23. The van der Waals surface area contributed by atoms with Crippen molar-refractivity contribution in [3.05, 3.63) is 54.1 Å². The van der Waals surface area contributed by atoms with E-state index in [2.05, 4.69) is 15.2 Å². The highest BCUT2D eigenvalue weighted by atomic mass is 16.5. The van der Waals surface area contributed by atoms with Crippen LogP contribution in [0.3, 0.4) is 0 Å². The molecule has 7 heteroatoms. The fourth-order valence-corrected chi connectivity index (χ4v) is 3.39. The van der Waals surface area contributed by atoms with Crippen LogP contribution in [0.2, 0.25) is 0 Å². The summed E-state index contributed by atoms with van der Waals surface area (Å²) < 4.78 is 7.13. The molecule has 1 amide bonds. The van der Waals surface area contributed by atoms with E-state index < -0.39 is 0 Å². The zero-order valence-corrected chi connectivity index (χ0v) is 14.7. The summed E-state index contributed by atoms with van der Waals surface area (Å²) in [5, 5.41) is 8.31. The Balaban J connectivity index is 1.64. The van der Waals surface area contributed by atoms with Crippen molar-refractivity contribution in [1.29, 1.82) is 0 Å². The number of aromatic nitrogens is 4. The third-order valence-electron chi connectivity index (χ3n) is 4.73. The molecule has 0 saturated carbocycles. The molecule has 2 aromatic heterocycles. The third kappa shape index (κ3) is 3.24. The lowest BCUT2D eigenvalue weighted by Gasteiger charge is -2.27. The van der Waals surface area contributed by atoms with Gasteiger partial charge in [0.25, 0.3) is 11.8 Å². The van der Waals surface area contributed by atoms with Crippen LogP contribution >= 0.6 is 0 Å². The van der Waals surface area contributed by atoms with Crippen LogP contribution in [0.5, 0.6) is 0 Å². The molecular formula is C19H21N5O2. The van der Waals surface area contributed by atoms with Crippen LogP contribution in [0, 0.1) is 0 Å². The lowest BCUT2D eigenvalue weighted by molar-refractivity contribution is 0.0670. The number of carbonyl (C=O) groups is 1. The molecule has 7 nitrogen and oxygen atoms in total. The highest BCUT2D eigenvalue weighted by Crippen LogP contribution is 2.31. The van der Waals surface area contributed by atoms with Crippen molar-refractivity contribution < 1.29 is 9.32 Å². The number of hydrogen-bond acceptors (Lipinski definition) is 5. The van der Waals surface area contributed by atoms with Gasteiger partial charge < -0.3 is 9.42 Å². The number of likely N-dealkylation sites (tertiary alicyclic amines) is 1. The Morgan fingerprint density at radius 3 is 2.81 bits per heavy atom. The lowest BCUT2D eigenvalue weighted by Crippen LogP contribution is -2.35. The predicted molar refractivity (Wildman–Crippen MR) is 95.2 cm³/mol. The first kappa shape index (κ1) is 16.5. The first-order chi connectivity index (χ1) is 12.7. The maximum absolute atomic E-state index is 13.0. The first-order valence-corrected chi connectivity index (χ1v) is 8.91. The summed E-state index contributed by atoms with van der Waals surface area (Å²) in [7, 11) is 1.84. The summed E-state index contributed by atoms with van der Waals surface area (Å²) >= 11 is 0. The molecule has 3 aromatic rings. The maximum atomic E-state index is 13.0. The maximum Gasteiger partial charge on any atom is 0.261 e. The number of nitrogens with zero attached hydrogens (tertiary/aromatic N) is 5. The van der Waals surface area contributed by atoms with Crippen LogP contribution in [-0.2, 0) is 7.05 Å². The lowest BCUT2D eigenvalue weighted by atomic mass is 10.1. The Kier molecular flexibility index (Phi) is 4.51. The first-order valence-electron chi connectivity index (χ1n) is 8.91. The fourth-order valence-electron chi connectivity index (χ4n) is 3.39. The molecular weight excluding hydrogens is 330 g/mol. The van der Waals surface area contributed by atoms with Crippen molar-refractivity contribution >= 4 is 5.91 Å². The summed E-state index contributed by atoms with van der Waals surface area (Å²) in [4.78, 5) is 19.5. The van der Waals surface area contributed by atoms with E-state index >= 15 is 0 Å². The van der Waals surface area contributed by atoms with Crippen molar-refractivity contribution in [3.63, 3.8) is 0 Å². The number of rotatable bonds is 3. The minimum Gasteiger partial charge on any atom is -0.334 e. The van der Waals surface area contributed by atoms with Crippen molar-refractivity contribution in [2.45, 2.75) is 31.7 Å². The van der Waals surface area contributed by atoms with Gasteiger partial charge in [-0.1, -0.05) is 36.2 Å². The SMILES string of the molecule is Cn1cc(-c2nc(C3CCCCCN3C(=O)c3ccccc3)no2)cn1. The van der Waals surface area contributed by atoms with E-state index in [1.165, 1.54) is 0 Å². The molecule has 1 aliphatic heterocycles. The van der Waals surface area contributed by atoms with Crippen molar-refractivity contribution in [2.24, 2.45) is 7.05 Å². The molecule has 3 heterocycles. The molecule has 4 rings (SSSR count). The third-order valence-corrected chi connectivity index (χ3v) is 4.73. The quantitative estimate of drug-likeness (QED) is 0.724. The summed E-state index contributed by atoms with van der Waals surface area (Å²) in [6.45, 7) is 0.704. The van der Waals surface area contributed by atoms with Gasteiger partial charge >= 0.3 is 0 Å². The molecule has 26 heavy (non-hydrogen) atoms. The van der Waals surface area contributed by atoms with E-state index in [-0.39, 0.29) is 11.9 Å². The molecule has 0 aliphatic carbocycles. The molecule has 134 valence electrons. The van der Waals surface area contributed by atoms with Crippen LogP contribution < -0.4 is 0 Å². The molecule has 0 spiro atoms. The fraction of sp³-hybridized carbons (Fsp3) is 0.368. The second-order valence-electron chi connectivity index (χ2n) is 6.59. The molecule has 0 bridgehead atoms. The number of benzene rings is 1. The normalized spacial score (nSPS) is 17.9. The molecule has 1 atom stereocenters. The molecule has 1 saturated heterocycles. The van der Waals surface area contributed by atoms with Crippen LogP contribution in [0.4, 0.5) is 0 Å². The Morgan fingerprint density at radius 1 is 1.19 bits per heavy atom. The van der Waals surface area contributed by atoms with E-state index in [4.69, 9.17) is 4.52 Å². The van der Waals surface area contributed by atoms with Gasteiger partial charge in [0, 0.05) is 25.4 Å². The van der Waals surface area contributed by atoms with Gasteiger partial charge in [-0.05, 0) is 25.0 Å². The van der Waals surface area contributed by atoms with Crippen LogP contribution in [0.15, 0.2) is 47.2 Å². The Bertz CT molecular complexity index is 886. The summed E-state index contributed by atoms with van der Waals surface area (Å²) in [6, 6.07) is 9.21. The monoisotopic (exact) mass is 351 g/mol. The number of carbonyl (C=O) groups excluding carboxylic acids is 1. The second kappa shape index (κ2) is 7.11. The largest absolute Gasteiger partial charge is 0.334 e. The minimum atomic E-state index is -0.167. The van der Waals surface area contributed by atoms with E-state index in [1.807, 2.05) is 48.5 Å². The van der Waals surface area contributed by atoms with E-state index in [1.54, 1.807) is 10.9 Å². The Labute approximate surface area is 151 Å². The van der Waals surface area contributed by atoms with E-state index in [0.717, 1.165) is 31.2 Å². The van der Waals surface area contributed by atoms with Crippen molar-refractivity contribution in [3.8, 4) is 11.5 Å². The van der Waals surface area contributed by atoms with Crippen LogP contribution in [0.25, 0.3) is 11.5 Å². The molecule has 0 radical (unpaired) electrons. The van der Waals surface area contributed by atoms with Crippen molar-refractivity contribution in [1.82, 2.24) is 24.8 Å². The summed E-state index contributed by atoms with van der Waals surface area (Å²) in [5.74, 6) is 1.02. The van der Waals surface area contributed by atoms with Crippen molar-refractivity contribution in [2.75, 3.05) is 6.54 Å². The Morgan fingerprint density at radius 2 is 2.04 bits per heavy atom. The van der Waals surface area contributed by atoms with E-state index in [0.29, 0.717) is 23.8 Å². The zero-order chi connectivity index (χ0) is 17.9. The molecule has 1 aliphatic rings. The average molecular weight is 351 g/mol. The smallest absolute Gasteiger partial charge is 0.261 e. The van der Waals surface area contributed by atoms with Gasteiger partial charge in [-0.15, -0.1) is 0 Å². The topological polar surface area (TPSA) is 77.0 Å². The summed E-state index contributed by atoms with van der Waals surface area (Å²) in [6.07, 6.45) is 7.49. The minimum absolute atomic E-state index is 0.0187. The highest BCUT2D eigenvalue weighted by Gasteiger charge is 2.31. The Hall–Kier alpha value is -2.96. The van der Waals surface area contributed by atoms with Gasteiger partial charge in [-0.25, -0.2) is 0 Å². The van der Waals surface area contributed by atoms with Gasteiger partial charge in [0.2, 0.25) is 0 Å². The molecule has 1 fully saturated rings. The van der Waals surface area contributed by atoms with Crippen LogP contribution in [-0.4, -0.2) is 37.3 Å². The van der Waals surface area contributed by atoms with Gasteiger partial charge in [-0.2, -0.15) is 10.1 Å². The van der Waals surface area contributed by atoms with E-state index in [9.17, 15) is 4.79 Å². The van der Waals surface area contributed by atoms with Gasteiger partial charge in [0.05, 0.1) is 17.8 Å². The molecule has 0 N–H and O–H groups in total. The number of amides is 1. The highest BCUT2D eigenvalue weighted by molar-refractivity contribution is 5.94. The van der Waals surface area contributed by atoms with Gasteiger partial charge in [-0.3, -0.25) is 9.48 Å². The second-order valence-corrected chi connectivity index (χ2v) is 6.59. The standard InChI is InChI=1S/C19H21N5O2/c1-23-13-15(12-20-23)18-21-17(22-26-18)16-10-6-3-7-11-24(16)19(25)14-8-4-2-5-9-14/h2,4-5,8-9,12-13,16H,3,6-7,10-11H2,1H3. The van der Waals surface area contributed by atoms with Gasteiger partial charge in [0.1, 0.15) is 0 Å². The number of hydrogen-bond donors (Lipinski definition) is 0. The van der Waals surface area contributed by atoms with Gasteiger partial charge in [0.15, 0.2) is 5.82 Å². The molecule has 1 aromatic carbocycles. The average Bonchev–Trinajstić information content (AvgIpc) is 3.25. The summed E-state index contributed by atoms with van der Waals surface area (Å²) in [5.41, 5.74) is 1.47. The number of aryl methyl sites for hydroxylation is 1. The molecule has 1 unspecified atom stereocenters. The zero-order valence-electron chi connectivity index (χ0n) is 14.7. The van der Waals surface area contributed by atoms with Crippen LogP contribution in [0.1, 0.15) is 47.9 Å².